The average Bonchev–Trinajstić information content (AvgIpc) is 2.94. The molecule has 3 aliphatic carbocycles. The Kier molecular flexibility index (Phi) is 6.28. The predicted octanol–water partition coefficient (Wildman–Crippen LogP) is 7.18. The monoisotopic (exact) mass is 451 g/mol. The van der Waals surface area contributed by atoms with Crippen molar-refractivity contribution in [3.8, 4) is 0 Å². The molecule has 4 aliphatic rings. The fourth-order valence-corrected chi connectivity index (χ4v) is 7.43. The highest BCUT2D eigenvalue weighted by molar-refractivity contribution is 5.33. The van der Waals surface area contributed by atoms with Gasteiger partial charge in [0.1, 0.15) is 0 Å². The third-order valence-corrected chi connectivity index (χ3v) is 8.93. The van der Waals surface area contributed by atoms with Gasteiger partial charge in [0, 0.05) is 5.54 Å². The van der Waals surface area contributed by atoms with Crippen LogP contribution in [0, 0.1) is 5.92 Å². The van der Waals surface area contributed by atoms with Crippen molar-refractivity contribution < 1.29 is 4.74 Å². The third kappa shape index (κ3) is 4.23. The molecule has 2 heteroatoms. The van der Waals surface area contributed by atoms with Crippen LogP contribution in [0.1, 0.15) is 67.1 Å². The van der Waals surface area contributed by atoms with E-state index in [1.807, 2.05) is 0 Å². The molecule has 0 aromatic heterocycles. The van der Waals surface area contributed by atoms with Gasteiger partial charge in [-0.1, -0.05) is 97.4 Å². The van der Waals surface area contributed by atoms with E-state index in [4.69, 9.17) is 4.74 Å². The molecule has 3 atom stereocenters. The predicted molar refractivity (Wildman–Crippen MR) is 139 cm³/mol. The first-order chi connectivity index (χ1) is 16.8. The van der Waals surface area contributed by atoms with Gasteiger partial charge in [-0.05, 0) is 79.6 Å². The summed E-state index contributed by atoms with van der Waals surface area (Å²) in [5.74, 6) is 1.59. The van der Waals surface area contributed by atoms with Gasteiger partial charge in [0.15, 0.2) is 0 Å². The highest BCUT2D eigenvalue weighted by Crippen LogP contribution is 2.60. The van der Waals surface area contributed by atoms with Crippen molar-refractivity contribution in [3.63, 3.8) is 0 Å². The van der Waals surface area contributed by atoms with E-state index < -0.39 is 0 Å². The van der Waals surface area contributed by atoms with Crippen molar-refractivity contribution >= 4 is 0 Å². The van der Waals surface area contributed by atoms with Gasteiger partial charge in [0.2, 0.25) is 0 Å². The largest absolute Gasteiger partial charge is 0.373 e. The highest BCUT2D eigenvalue weighted by Gasteiger charge is 2.58. The molecule has 2 nitrogen and oxygen atoms in total. The topological polar surface area (TPSA) is 12.5 Å². The smallest absolute Gasteiger partial charge is 0.0720 e. The van der Waals surface area contributed by atoms with Gasteiger partial charge in [-0.15, -0.1) is 0 Å². The summed E-state index contributed by atoms with van der Waals surface area (Å²) in [6.45, 7) is 3.21. The molecular weight excluding hydrogens is 414 g/mol. The molecule has 0 amide bonds. The fraction of sp³-hybridized carbons (Fsp3) is 0.438. The maximum atomic E-state index is 6.90. The van der Waals surface area contributed by atoms with Crippen LogP contribution in [0.5, 0.6) is 0 Å². The Bertz CT molecular complexity index is 995. The summed E-state index contributed by atoms with van der Waals surface area (Å²) in [5, 5.41) is 0. The zero-order valence-electron chi connectivity index (χ0n) is 20.2. The lowest BCUT2D eigenvalue weighted by molar-refractivity contribution is -0.138. The maximum Gasteiger partial charge on any atom is 0.0720 e. The Morgan fingerprint density at radius 3 is 1.74 bits per heavy atom. The lowest BCUT2D eigenvalue weighted by Crippen LogP contribution is -2.63. The molecule has 0 radical (unpaired) electrons. The highest BCUT2D eigenvalue weighted by atomic mass is 16.5. The van der Waals surface area contributed by atoms with Crippen LogP contribution in [0.2, 0.25) is 0 Å². The van der Waals surface area contributed by atoms with Gasteiger partial charge >= 0.3 is 0 Å². The summed E-state index contributed by atoms with van der Waals surface area (Å²) in [6, 6.07) is 33.4. The van der Waals surface area contributed by atoms with Gasteiger partial charge in [0.05, 0.1) is 12.7 Å². The summed E-state index contributed by atoms with van der Waals surface area (Å²) < 4.78 is 6.90. The molecule has 0 unspecified atom stereocenters. The minimum atomic E-state index is 0.234. The number of nitrogens with zero attached hydrogens (tertiary/aromatic N) is 1. The Morgan fingerprint density at radius 1 is 0.647 bits per heavy atom. The van der Waals surface area contributed by atoms with E-state index in [1.165, 1.54) is 68.3 Å². The second-order valence-corrected chi connectivity index (χ2v) is 10.8. The van der Waals surface area contributed by atoms with Gasteiger partial charge in [0.25, 0.3) is 0 Å². The van der Waals surface area contributed by atoms with Crippen molar-refractivity contribution in [2.45, 2.75) is 68.6 Å². The molecule has 0 N–H and O–H groups in total. The number of ether oxygens (including phenoxy) is 1. The number of hydrogen-bond acceptors (Lipinski definition) is 2. The van der Waals surface area contributed by atoms with Crippen LogP contribution in [-0.2, 0) is 11.3 Å². The molecule has 3 aromatic carbocycles. The molecule has 1 saturated heterocycles. The number of rotatable bonds is 6. The first kappa shape index (κ1) is 22.1. The fourth-order valence-electron chi connectivity index (χ4n) is 7.43. The van der Waals surface area contributed by atoms with Gasteiger partial charge in [-0.3, -0.25) is 4.90 Å². The normalized spacial score (nSPS) is 31.4. The molecule has 3 saturated carbocycles. The van der Waals surface area contributed by atoms with E-state index in [0.29, 0.717) is 24.4 Å². The average molecular weight is 452 g/mol. The Balaban J connectivity index is 1.40. The van der Waals surface area contributed by atoms with Crippen molar-refractivity contribution in [1.29, 1.82) is 0 Å². The van der Waals surface area contributed by atoms with E-state index in [0.717, 1.165) is 0 Å². The summed E-state index contributed by atoms with van der Waals surface area (Å²) in [7, 11) is 0. The van der Waals surface area contributed by atoms with Crippen LogP contribution >= 0.6 is 0 Å². The zero-order valence-corrected chi connectivity index (χ0v) is 20.2. The SMILES string of the molecule is c1ccc(CO[C@@H]2CC3(N4CCCCC4)C[C@@H](c4ccccc4)C2[C@H](c2ccccc2)C3)cc1. The second-order valence-electron chi connectivity index (χ2n) is 10.8. The van der Waals surface area contributed by atoms with Gasteiger partial charge < -0.3 is 4.74 Å². The molecule has 176 valence electrons. The van der Waals surface area contributed by atoms with Crippen LogP contribution < -0.4 is 0 Å². The molecule has 0 spiro atoms. The quantitative estimate of drug-likeness (QED) is 0.394. The van der Waals surface area contributed by atoms with E-state index in [9.17, 15) is 0 Å². The Labute approximate surface area is 205 Å². The van der Waals surface area contributed by atoms with Crippen LogP contribution in [0.25, 0.3) is 0 Å². The molecular formula is C32H37NO. The van der Waals surface area contributed by atoms with Crippen LogP contribution in [-0.4, -0.2) is 29.6 Å². The third-order valence-electron chi connectivity index (χ3n) is 8.93. The molecule has 34 heavy (non-hydrogen) atoms. The minimum absolute atomic E-state index is 0.234. The Morgan fingerprint density at radius 2 is 1.18 bits per heavy atom. The summed E-state index contributed by atoms with van der Waals surface area (Å²) in [5.41, 5.74) is 4.52. The van der Waals surface area contributed by atoms with Crippen LogP contribution in [0.3, 0.4) is 0 Å². The number of fused-ring (bicyclic) bond motifs is 3. The lowest BCUT2D eigenvalue weighted by atomic mass is 9.51. The summed E-state index contributed by atoms with van der Waals surface area (Å²) in [4.78, 5) is 2.89. The summed E-state index contributed by atoms with van der Waals surface area (Å²) in [6.07, 6.45) is 8.07. The number of benzene rings is 3. The first-order valence-corrected chi connectivity index (χ1v) is 13.3. The zero-order chi connectivity index (χ0) is 22.8. The van der Waals surface area contributed by atoms with E-state index in [1.54, 1.807) is 0 Å². The number of hydrogen-bond donors (Lipinski definition) is 0. The lowest BCUT2D eigenvalue weighted by Gasteiger charge is -2.62. The van der Waals surface area contributed by atoms with Crippen molar-refractivity contribution in [1.82, 2.24) is 4.90 Å². The first-order valence-electron chi connectivity index (χ1n) is 13.3. The van der Waals surface area contributed by atoms with Gasteiger partial charge in [-0.2, -0.15) is 0 Å². The standard InChI is InChI=1S/C32H37NO/c1-5-13-25(14-6-1)24-34-30-23-32(33-19-11-4-12-20-33)21-28(26-15-7-2-8-16-26)31(30)29(22-32)27-17-9-3-10-18-27/h1-3,5-10,13-18,28-31H,4,11-12,19-24H2/t28-,29-,30+,31?,32?/m0/s1. The van der Waals surface area contributed by atoms with Crippen LogP contribution in [0.4, 0.5) is 0 Å². The molecule has 7 rings (SSSR count). The van der Waals surface area contributed by atoms with E-state index in [-0.39, 0.29) is 11.6 Å². The van der Waals surface area contributed by atoms with Crippen molar-refractivity contribution in [3.05, 3.63) is 108 Å². The van der Waals surface area contributed by atoms with Crippen molar-refractivity contribution in [2.24, 2.45) is 5.92 Å². The molecule has 4 fully saturated rings. The van der Waals surface area contributed by atoms with Crippen LogP contribution in [0.15, 0.2) is 91.0 Å². The number of piperidine rings is 1. The van der Waals surface area contributed by atoms with Crippen molar-refractivity contribution in [2.75, 3.05) is 13.1 Å². The maximum absolute atomic E-state index is 6.90. The van der Waals surface area contributed by atoms with E-state index >= 15 is 0 Å². The summed E-state index contributed by atoms with van der Waals surface area (Å²) >= 11 is 0. The minimum Gasteiger partial charge on any atom is -0.373 e. The Hall–Kier alpha value is -2.42. The van der Waals surface area contributed by atoms with Gasteiger partial charge in [-0.25, -0.2) is 0 Å². The second kappa shape index (κ2) is 9.68. The molecule has 2 bridgehead atoms. The molecule has 1 heterocycles. The molecule has 1 aliphatic heterocycles. The van der Waals surface area contributed by atoms with E-state index in [2.05, 4.69) is 95.9 Å². The number of likely N-dealkylation sites (tertiary alicyclic amines) is 1. The molecule has 3 aromatic rings.